The first-order valence-electron chi connectivity index (χ1n) is 6.30. The number of aryl methyl sites for hydroxylation is 1. The third-order valence-corrected chi connectivity index (χ3v) is 2.69. The van der Waals surface area contributed by atoms with E-state index in [0.29, 0.717) is 0 Å². The highest BCUT2D eigenvalue weighted by atomic mass is 16.1. The van der Waals surface area contributed by atoms with Crippen LogP contribution in [0.2, 0.25) is 0 Å². The minimum absolute atomic E-state index is 0.330. The molecule has 1 rings (SSSR count). The molecule has 3 N–H and O–H groups in total. The zero-order valence-electron chi connectivity index (χ0n) is 11.0. The molecule has 1 aromatic carbocycles. The lowest BCUT2D eigenvalue weighted by Gasteiger charge is -2.08. The van der Waals surface area contributed by atoms with E-state index >= 15 is 0 Å². The second-order valence-corrected chi connectivity index (χ2v) is 4.16. The highest BCUT2D eigenvalue weighted by Gasteiger charge is 2.06. The van der Waals surface area contributed by atoms with Crippen molar-refractivity contribution in [2.24, 2.45) is 10.8 Å². The number of primary amides is 1. The lowest BCUT2D eigenvalue weighted by molar-refractivity contribution is -0.111. The molecule has 1 amide bonds. The van der Waals surface area contributed by atoms with E-state index < -0.39 is 5.91 Å². The number of nitrogens with two attached hydrogens (primary N) is 1. The molecule has 0 aliphatic carbocycles. The lowest BCUT2D eigenvalue weighted by Crippen LogP contribution is -2.22. The molecule has 0 aromatic heterocycles. The third kappa shape index (κ3) is 4.80. The van der Waals surface area contributed by atoms with Crippen molar-refractivity contribution in [3.63, 3.8) is 0 Å². The smallest absolute Gasteiger partial charge is 0.280 e. The van der Waals surface area contributed by atoms with Crippen LogP contribution in [0.1, 0.15) is 31.7 Å². The van der Waals surface area contributed by atoms with E-state index in [9.17, 15) is 4.79 Å². The number of unbranched alkanes of at least 4 members (excludes halogenated alkanes) is 2. The Morgan fingerprint density at radius 3 is 2.79 bits per heavy atom. The van der Waals surface area contributed by atoms with Gasteiger partial charge in [0.2, 0.25) is 5.71 Å². The number of nitrogens with zero attached hydrogens (tertiary/aromatic N) is 2. The lowest BCUT2D eigenvalue weighted by atomic mass is 10.1. The molecule has 100 valence electrons. The van der Waals surface area contributed by atoms with Gasteiger partial charge in [-0.3, -0.25) is 10.2 Å². The number of nitriles is 1. The van der Waals surface area contributed by atoms with E-state index in [1.807, 2.05) is 24.3 Å². The summed E-state index contributed by atoms with van der Waals surface area (Å²) in [7, 11) is 0. The van der Waals surface area contributed by atoms with Crippen LogP contribution < -0.4 is 11.2 Å². The number of hydrogen-bond donors (Lipinski definition) is 2. The summed E-state index contributed by atoms with van der Waals surface area (Å²) in [5.41, 5.74) is 9.33. The van der Waals surface area contributed by atoms with Crippen LogP contribution in [0.15, 0.2) is 29.4 Å². The monoisotopic (exact) mass is 258 g/mol. The number of amides is 1. The summed E-state index contributed by atoms with van der Waals surface area (Å²) in [6.45, 7) is 2.15. The number of hydrogen-bond acceptors (Lipinski definition) is 4. The number of nitrogens with one attached hydrogen (secondary N) is 1. The fourth-order valence-corrected chi connectivity index (χ4v) is 1.66. The van der Waals surface area contributed by atoms with Crippen molar-refractivity contribution in [2.75, 3.05) is 5.43 Å². The molecule has 0 saturated heterocycles. The van der Waals surface area contributed by atoms with Crippen LogP contribution in [0.5, 0.6) is 0 Å². The van der Waals surface area contributed by atoms with Crippen molar-refractivity contribution in [3.05, 3.63) is 29.8 Å². The van der Waals surface area contributed by atoms with Gasteiger partial charge in [-0.25, -0.2) is 0 Å². The molecule has 1 aromatic rings. The van der Waals surface area contributed by atoms with Crippen LogP contribution in [-0.4, -0.2) is 11.6 Å². The van der Waals surface area contributed by atoms with Gasteiger partial charge in [-0.1, -0.05) is 38.0 Å². The van der Waals surface area contributed by atoms with Crippen LogP contribution in [0.4, 0.5) is 5.69 Å². The average molecular weight is 258 g/mol. The summed E-state index contributed by atoms with van der Waals surface area (Å²) in [5.74, 6) is -0.835. The summed E-state index contributed by atoms with van der Waals surface area (Å²) < 4.78 is 0. The molecule has 0 atom stereocenters. The van der Waals surface area contributed by atoms with Crippen molar-refractivity contribution in [3.8, 4) is 6.07 Å². The predicted octanol–water partition coefficient (Wildman–Crippen LogP) is 2.20. The maximum atomic E-state index is 10.9. The van der Waals surface area contributed by atoms with Crippen LogP contribution in [0, 0.1) is 11.3 Å². The molecular formula is C14H18N4O. The minimum atomic E-state index is -0.835. The molecule has 0 aliphatic rings. The molecule has 19 heavy (non-hydrogen) atoms. The molecule has 0 unspecified atom stereocenters. The fraction of sp³-hybridized carbons (Fsp3) is 0.357. The topological polar surface area (TPSA) is 91.3 Å². The number of benzene rings is 1. The number of anilines is 1. The van der Waals surface area contributed by atoms with Crippen LogP contribution in [-0.2, 0) is 11.2 Å². The van der Waals surface area contributed by atoms with Crippen LogP contribution in [0.3, 0.4) is 0 Å². The van der Waals surface area contributed by atoms with Crippen molar-refractivity contribution in [1.29, 1.82) is 5.26 Å². The Morgan fingerprint density at radius 2 is 2.16 bits per heavy atom. The number of para-hydroxylation sites is 1. The third-order valence-electron chi connectivity index (χ3n) is 2.69. The van der Waals surface area contributed by atoms with E-state index in [4.69, 9.17) is 11.0 Å². The van der Waals surface area contributed by atoms with Crippen molar-refractivity contribution >= 4 is 17.3 Å². The van der Waals surface area contributed by atoms with Gasteiger partial charge in [0.25, 0.3) is 5.91 Å². The Balaban J connectivity index is 2.78. The predicted molar refractivity (Wildman–Crippen MR) is 75.5 cm³/mol. The Kier molecular flexibility index (Phi) is 6.10. The summed E-state index contributed by atoms with van der Waals surface area (Å²) in [6.07, 6.45) is 4.36. The van der Waals surface area contributed by atoms with Gasteiger partial charge in [0.15, 0.2) is 0 Å². The van der Waals surface area contributed by atoms with Crippen molar-refractivity contribution in [1.82, 2.24) is 0 Å². The number of carbonyl (C=O) groups excluding carboxylic acids is 1. The van der Waals surface area contributed by atoms with Gasteiger partial charge in [-0.2, -0.15) is 10.4 Å². The van der Waals surface area contributed by atoms with Gasteiger partial charge in [0.1, 0.15) is 6.07 Å². The Morgan fingerprint density at radius 1 is 1.42 bits per heavy atom. The standard InChI is InChI=1S/C14H18N4O/c1-2-3-4-7-11-8-5-6-9-12(11)17-18-13(10-15)14(16)19/h5-6,8-9,17H,2-4,7H2,1H3,(H2,16,19)/b18-13-. The molecular weight excluding hydrogens is 240 g/mol. The summed E-state index contributed by atoms with van der Waals surface area (Å²) in [4.78, 5) is 10.9. The summed E-state index contributed by atoms with van der Waals surface area (Å²) in [5, 5.41) is 12.4. The van der Waals surface area contributed by atoms with Crippen LogP contribution >= 0.6 is 0 Å². The molecule has 0 radical (unpaired) electrons. The van der Waals surface area contributed by atoms with E-state index in [1.54, 1.807) is 6.07 Å². The van der Waals surface area contributed by atoms with Crippen LogP contribution in [0.25, 0.3) is 0 Å². The van der Waals surface area contributed by atoms with Gasteiger partial charge in [-0.05, 0) is 24.5 Å². The molecule has 0 saturated carbocycles. The number of rotatable bonds is 7. The van der Waals surface area contributed by atoms with E-state index in [-0.39, 0.29) is 5.71 Å². The van der Waals surface area contributed by atoms with Gasteiger partial charge >= 0.3 is 0 Å². The van der Waals surface area contributed by atoms with E-state index in [1.165, 1.54) is 6.42 Å². The van der Waals surface area contributed by atoms with Gasteiger partial charge < -0.3 is 5.73 Å². The fourth-order valence-electron chi connectivity index (χ4n) is 1.66. The molecule has 0 bridgehead atoms. The summed E-state index contributed by atoms with van der Waals surface area (Å²) >= 11 is 0. The average Bonchev–Trinajstić information content (AvgIpc) is 2.41. The van der Waals surface area contributed by atoms with Gasteiger partial charge in [0, 0.05) is 0 Å². The number of hydrazone groups is 1. The van der Waals surface area contributed by atoms with E-state index in [0.717, 1.165) is 30.5 Å². The first-order chi connectivity index (χ1) is 9.19. The SMILES string of the molecule is CCCCCc1ccccc1N/N=C(/C#N)C(N)=O. The molecule has 0 fully saturated rings. The maximum absolute atomic E-state index is 10.9. The highest BCUT2D eigenvalue weighted by Crippen LogP contribution is 2.17. The second kappa shape index (κ2) is 7.88. The molecule has 0 aliphatic heterocycles. The van der Waals surface area contributed by atoms with Gasteiger partial charge in [-0.15, -0.1) is 0 Å². The van der Waals surface area contributed by atoms with Gasteiger partial charge in [0.05, 0.1) is 5.69 Å². The zero-order chi connectivity index (χ0) is 14.1. The first kappa shape index (κ1) is 14.7. The highest BCUT2D eigenvalue weighted by molar-refractivity contribution is 6.44. The maximum Gasteiger partial charge on any atom is 0.280 e. The molecule has 5 heteroatoms. The molecule has 0 spiro atoms. The van der Waals surface area contributed by atoms with E-state index in [2.05, 4.69) is 17.5 Å². The first-order valence-corrected chi connectivity index (χ1v) is 6.30. The number of carbonyl (C=O) groups is 1. The molecule has 5 nitrogen and oxygen atoms in total. The quantitative estimate of drug-likeness (QED) is 0.446. The van der Waals surface area contributed by atoms with Crippen molar-refractivity contribution < 1.29 is 4.79 Å². The normalized spacial score (nSPS) is 10.8. The Bertz CT molecular complexity index is 502. The minimum Gasteiger partial charge on any atom is -0.364 e. The second-order valence-electron chi connectivity index (χ2n) is 4.16. The molecule has 0 heterocycles. The largest absolute Gasteiger partial charge is 0.364 e. The zero-order valence-corrected chi connectivity index (χ0v) is 11.0. The Labute approximate surface area is 113 Å². The Hall–Kier alpha value is -2.35. The van der Waals surface area contributed by atoms with Crippen molar-refractivity contribution in [2.45, 2.75) is 32.6 Å². The summed E-state index contributed by atoms with van der Waals surface area (Å²) in [6, 6.07) is 9.35.